The fraction of sp³-hybridized carbons (Fsp3) is 0.571. The van der Waals surface area contributed by atoms with Crippen molar-refractivity contribution in [3.8, 4) is 5.75 Å². The fourth-order valence-electron chi connectivity index (χ4n) is 2.61. The first-order chi connectivity index (χ1) is 10.4. The Labute approximate surface area is 125 Å². The number of piperazine rings is 1. The second-order valence-corrected chi connectivity index (χ2v) is 5.05. The SMILES string of the molecule is OCC[C@@H](c1ccc(OC(F)(F)F)c(F)c1)N1CCNCC1. The topological polar surface area (TPSA) is 44.7 Å². The van der Waals surface area contributed by atoms with Crippen LogP contribution in [0.5, 0.6) is 5.75 Å². The van der Waals surface area contributed by atoms with Crippen LogP contribution >= 0.6 is 0 Å². The highest BCUT2D eigenvalue weighted by Crippen LogP contribution is 2.30. The molecule has 0 unspecified atom stereocenters. The summed E-state index contributed by atoms with van der Waals surface area (Å²) < 4.78 is 53.9. The lowest BCUT2D eigenvalue weighted by molar-refractivity contribution is -0.275. The van der Waals surface area contributed by atoms with E-state index >= 15 is 0 Å². The average Bonchev–Trinajstić information content (AvgIpc) is 2.47. The van der Waals surface area contributed by atoms with E-state index < -0.39 is 17.9 Å². The van der Waals surface area contributed by atoms with E-state index in [1.165, 1.54) is 6.07 Å². The molecule has 124 valence electrons. The normalized spacial score (nSPS) is 18.2. The molecule has 0 amide bonds. The van der Waals surface area contributed by atoms with Gasteiger partial charge >= 0.3 is 6.36 Å². The quantitative estimate of drug-likeness (QED) is 0.815. The summed E-state index contributed by atoms with van der Waals surface area (Å²) in [7, 11) is 0. The monoisotopic (exact) mass is 322 g/mol. The highest BCUT2D eigenvalue weighted by Gasteiger charge is 2.32. The summed E-state index contributed by atoms with van der Waals surface area (Å²) >= 11 is 0. The molecule has 2 N–H and O–H groups in total. The molecule has 1 aliphatic rings. The first-order valence-corrected chi connectivity index (χ1v) is 7.01. The number of rotatable bonds is 5. The van der Waals surface area contributed by atoms with Crippen molar-refractivity contribution in [2.75, 3.05) is 32.8 Å². The van der Waals surface area contributed by atoms with Gasteiger partial charge in [0.05, 0.1) is 0 Å². The molecule has 0 radical (unpaired) electrons. The third kappa shape index (κ3) is 4.56. The maximum absolute atomic E-state index is 13.8. The molecule has 1 aromatic carbocycles. The average molecular weight is 322 g/mol. The van der Waals surface area contributed by atoms with E-state index in [1.54, 1.807) is 0 Å². The van der Waals surface area contributed by atoms with E-state index in [1.807, 2.05) is 0 Å². The zero-order valence-corrected chi connectivity index (χ0v) is 11.9. The van der Waals surface area contributed by atoms with Crippen molar-refractivity contribution >= 4 is 0 Å². The first-order valence-electron chi connectivity index (χ1n) is 7.01. The smallest absolute Gasteiger partial charge is 0.403 e. The van der Waals surface area contributed by atoms with Gasteiger partial charge in [0.15, 0.2) is 11.6 Å². The number of nitrogens with zero attached hydrogens (tertiary/aromatic N) is 1. The lowest BCUT2D eigenvalue weighted by Gasteiger charge is -2.35. The maximum atomic E-state index is 13.8. The first kappa shape index (κ1) is 17.0. The fourth-order valence-corrected chi connectivity index (χ4v) is 2.61. The van der Waals surface area contributed by atoms with E-state index in [0.29, 0.717) is 12.0 Å². The van der Waals surface area contributed by atoms with E-state index in [0.717, 1.165) is 38.3 Å². The molecule has 1 fully saturated rings. The number of benzene rings is 1. The molecule has 22 heavy (non-hydrogen) atoms. The number of aliphatic hydroxyl groups excluding tert-OH is 1. The van der Waals surface area contributed by atoms with Gasteiger partial charge in [-0.1, -0.05) is 6.07 Å². The van der Waals surface area contributed by atoms with Crippen LogP contribution in [0.2, 0.25) is 0 Å². The minimum atomic E-state index is -4.93. The molecular formula is C14H18F4N2O2. The van der Waals surface area contributed by atoms with Crippen LogP contribution in [0.25, 0.3) is 0 Å². The Morgan fingerprint density at radius 3 is 2.50 bits per heavy atom. The summed E-state index contributed by atoms with van der Waals surface area (Å²) in [5.41, 5.74) is 0.531. The summed E-state index contributed by atoms with van der Waals surface area (Å²) in [6.45, 7) is 2.93. The standard InChI is InChI=1S/C14H18F4N2O2/c15-11-9-10(1-2-13(11)22-14(16,17)18)12(3-8-21)20-6-4-19-5-7-20/h1-2,9,12,19,21H,3-8H2/t12-/m0/s1. The molecule has 0 spiro atoms. The molecule has 8 heteroatoms. The summed E-state index contributed by atoms with van der Waals surface area (Å²) in [5.74, 6) is -1.91. The third-order valence-electron chi connectivity index (χ3n) is 3.56. The zero-order chi connectivity index (χ0) is 16.2. The largest absolute Gasteiger partial charge is 0.573 e. The summed E-state index contributed by atoms with van der Waals surface area (Å²) in [5, 5.41) is 12.4. The van der Waals surface area contributed by atoms with E-state index in [4.69, 9.17) is 0 Å². The molecule has 0 aromatic heterocycles. The van der Waals surface area contributed by atoms with Crippen LogP contribution in [0.4, 0.5) is 17.6 Å². The van der Waals surface area contributed by atoms with Crippen molar-refractivity contribution in [1.29, 1.82) is 0 Å². The van der Waals surface area contributed by atoms with Crippen molar-refractivity contribution in [1.82, 2.24) is 10.2 Å². The number of aliphatic hydroxyl groups is 1. The second-order valence-electron chi connectivity index (χ2n) is 5.05. The van der Waals surface area contributed by atoms with Crippen molar-refractivity contribution < 1.29 is 27.4 Å². The summed E-state index contributed by atoms with van der Waals surface area (Å²) in [6, 6.07) is 3.20. The minimum Gasteiger partial charge on any atom is -0.403 e. The molecule has 4 nitrogen and oxygen atoms in total. The Bertz CT molecular complexity index is 490. The summed E-state index contributed by atoms with van der Waals surface area (Å²) in [6.07, 6.45) is -4.54. The highest BCUT2D eigenvalue weighted by molar-refractivity contribution is 5.31. The van der Waals surface area contributed by atoms with Crippen molar-refractivity contribution in [3.63, 3.8) is 0 Å². The van der Waals surface area contributed by atoms with Crippen LogP contribution in [0, 0.1) is 5.82 Å². The van der Waals surface area contributed by atoms with Crippen molar-refractivity contribution in [2.24, 2.45) is 0 Å². The number of alkyl halides is 3. The van der Waals surface area contributed by atoms with Gasteiger partial charge < -0.3 is 15.2 Å². The molecule has 1 atom stereocenters. The van der Waals surface area contributed by atoms with Gasteiger partial charge in [0, 0.05) is 38.8 Å². The molecule has 0 bridgehead atoms. The van der Waals surface area contributed by atoms with Crippen LogP contribution in [0.3, 0.4) is 0 Å². The molecule has 0 saturated carbocycles. The van der Waals surface area contributed by atoms with Crippen molar-refractivity contribution in [2.45, 2.75) is 18.8 Å². The molecular weight excluding hydrogens is 304 g/mol. The highest BCUT2D eigenvalue weighted by atomic mass is 19.4. The van der Waals surface area contributed by atoms with Gasteiger partial charge in [-0.15, -0.1) is 13.2 Å². The van der Waals surface area contributed by atoms with Gasteiger partial charge in [0.25, 0.3) is 0 Å². The number of hydrogen-bond donors (Lipinski definition) is 2. The molecule has 1 aromatic rings. The predicted octanol–water partition coefficient (Wildman–Crippen LogP) is 2.05. The maximum Gasteiger partial charge on any atom is 0.573 e. The minimum absolute atomic E-state index is 0.0863. The second kappa shape index (κ2) is 7.26. The molecule has 1 aliphatic heterocycles. The molecule has 1 saturated heterocycles. The number of nitrogens with one attached hydrogen (secondary N) is 1. The Balaban J connectivity index is 2.19. The van der Waals surface area contributed by atoms with Crippen molar-refractivity contribution in [3.05, 3.63) is 29.6 Å². The summed E-state index contributed by atoms with van der Waals surface area (Å²) in [4.78, 5) is 2.08. The Morgan fingerprint density at radius 2 is 1.95 bits per heavy atom. The van der Waals surface area contributed by atoms with Crippen LogP contribution in [-0.4, -0.2) is 49.2 Å². The van der Waals surface area contributed by atoms with Gasteiger partial charge in [-0.05, 0) is 24.1 Å². The number of hydrogen-bond acceptors (Lipinski definition) is 4. The molecule has 2 rings (SSSR count). The van der Waals surface area contributed by atoms with Gasteiger partial charge in [-0.2, -0.15) is 0 Å². The molecule has 1 heterocycles. The van der Waals surface area contributed by atoms with Gasteiger partial charge in [0.1, 0.15) is 0 Å². The third-order valence-corrected chi connectivity index (χ3v) is 3.56. The van der Waals surface area contributed by atoms with Gasteiger partial charge in [-0.25, -0.2) is 4.39 Å². The van der Waals surface area contributed by atoms with Crippen LogP contribution in [0.15, 0.2) is 18.2 Å². The Morgan fingerprint density at radius 1 is 1.27 bits per heavy atom. The van der Waals surface area contributed by atoms with Crippen LogP contribution < -0.4 is 10.1 Å². The van der Waals surface area contributed by atoms with Crippen LogP contribution in [-0.2, 0) is 0 Å². The lowest BCUT2D eigenvalue weighted by atomic mass is 10.0. The zero-order valence-electron chi connectivity index (χ0n) is 11.9. The predicted molar refractivity (Wildman–Crippen MR) is 72.0 cm³/mol. The van der Waals surface area contributed by atoms with E-state index in [9.17, 15) is 22.7 Å². The number of ether oxygens (including phenoxy) is 1. The Hall–Kier alpha value is -1.38. The van der Waals surface area contributed by atoms with Gasteiger partial charge in [0.2, 0.25) is 0 Å². The Kier molecular flexibility index (Phi) is 5.60. The molecule has 0 aliphatic carbocycles. The lowest BCUT2D eigenvalue weighted by Crippen LogP contribution is -2.45. The van der Waals surface area contributed by atoms with E-state index in [-0.39, 0.29) is 12.6 Å². The van der Waals surface area contributed by atoms with Crippen LogP contribution in [0.1, 0.15) is 18.0 Å². The van der Waals surface area contributed by atoms with E-state index in [2.05, 4.69) is 15.0 Å². The number of halogens is 4. The van der Waals surface area contributed by atoms with Gasteiger partial charge in [-0.3, -0.25) is 4.90 Å².